The normalized spacial score (nSPS) is 10.7. The summed E-state index contributed by atoms with van der Waals surface area (Å²) < 4.78 is 26.3. The second kappa shape index (κ2) is 6.66. The minimum Gasteiger partial charge on any atom is -0.489 e. The topological polar surface area (TPSA) is 57.3 Å². The van der Waals surface area contributed by atoms with Gasteiger partial charge in [0.1, 0.15) is 12.4 Å². The molecule has 0 bridgehead atoms. The van der Waals surface area contributed by atoms with Gasteiger partial charge in [0.25, 0.3) is 0 Å². The highest BCUT2D eigenvalue weighted by molar-refractivity contribution is 6.30. The number of rotatable bonds is 6. The van der Waals surface area contributed by atoms with Gasteiger partial charge in [-0.3, -0.25) is 9.48 Å². The van der Waals surface area contributed by atoms with Crippen molar-refractivity contribution < 1.29 is 18.3 Å². The number of hydrogen-bond donors (Lipinski definition) is 0. The number of halogens is 2. The zero-order valence-corrected chi connectivity index (χ0v) is 12.7. The van der Waals surface area contributed by atoms with Crippen molar-refractivity contribution in [1.82, 2.24) is 9.78 Å². The number of carbonyl (C=O) groups is 1. The van der Waals surface area contributed by atoms with Gasteiger partial charge < -0.3 is 9.15 Å². The van der Waals surface area contributed by atoms with E-state index in [4.69, 9.17) is 20.8 Å². The first-order valence-electron chi connectivity index (χ1n) is 6.81. The van der Waals surface area contributed by atoms with E-state index in [1.165, 1.54) is 24.4 Å². The Morgan fingerprint density at radius 2 is 2.22 bits per heavy atom. The quantitative estimate of drug-likeness (QED) is 0.643. The molecule has 0 spiro atoms. The first kappa shape index (κ1) is 15.3. The van der Waals surface area contributed by atoms with Gasteiger partial charge >= 0.3 is 0 Å². The molecule has 0 saturated heterocycles. The average molecular weight is 335 g/mol. The lowest BCUT2D eigenvalue weighted by Crippen LogP contribution is -2.09. The summed E-state index contributed by atoms with van der Waals surface area (Å²) >= 11 is 5.75. The van der Waals surface area contributed by atoms with Crippen LogP contribution in [0.5, 0.6) is 5.75 Å². The van der Waals surface area contributed by atoms with Gasteiger partial charge in [0.05, 0.1) is 17.8 Å². The lowest BCUT2D eigenvalue weighted by Gasteiger charge is -2.08. The second-order valence-electron chi connectivity index (χ2n) is 4.74. The molecule has 0 aliphatic carbocycles. The van der Waals surface area contributed by atoms with Crippen LogP contribution in [0.2, 0.25) is 5.02 Å². The van der Waals surface area contributed by atoms with E-state index in [2.05, 4.69) is 5.10 Å². The number of furan rings is 1. The zero-order valence-electron chi connectivity index (χ0n) is 11.9. The van der Waals surface area contributed by atoms with Crippen LogP contribution in [-0.2, 0) is 6.54 Å². The van der Waals surface area contributed by atoms with Crippen molar-refractivity contribution >= 4 is 17.9 Å². The zero-order chi connectivity index (χ0) is 16.2. The number of hydrogen-bond acceptors (Lipinski definition) is 4. The minimum absolute atomic E-state index is 0.133. The number of nitrogens with zero attached hydrogens (tertiary/aromatic N) is 2. The molecule has 23 heavy (non-hydrogen) atoms. The third-order valence-electron chi connectivity index (χ3n) is 3.14. The molecule has 0 radical (unpaired) electrons. The molecule has 3 aromatic rings. The van der Waals surface area contributed by atoms with Crippen LogP contribution >= 0.6 is 11.6 Å². The largest absolute Gasteiger partial charge is 0.489 e. The first-order valence-corrected chi connectivity index (χ1v) is 7.19. The van der Waals surface area contributed by atoms with E-state index in [0.717, 1.165) is 0 Å². The van der Waals surface area contributed by atoms with E-state index < -0.39 is 5.82 Å². The standard InChI is InChI=1S/C16H12ClFN2O3/c17-12-8-19-20(9-12)5-6-22-16-3-1-11(7-14(16)18)15-4-2-13(10-21)23-15/h1-4,7-10H,5-6H2. The summed E-state index contributed by atoms with van der Waals surface area (Å²) in [5.74, 6) is 0.238. The Labute approximate surface area is 136 Å². The molecule has 7 heteroatoms. The lowest BCUT2D eigenvalue weighted by atomic mass is 10.1. The van der Waals surface area contributed by atoms with Crippen LogP contribution in [0.3, 0.4) is 0 Å². The van der Waals surface area contributed by atoms with Crippen molar-refractivity contribution in [2.45, 2.75) is 6.54 Å². The Balaban J connectivity index is 1.65. The summed E-state index contributed by atoms with van der Waals surface area (Å²) in [7, 11) is 0. The van der Waals surface area contributed by atoms with Crippen LogP contribution in [0.15, 0.2) is 47.1 Å². The van der Waals surface area contributed by atoms with Gasteiger partial charge in [-0.05, 0) is 30.3 Å². The highest BCUT2D eigenvalue weighted by Crippen LogP contribution is 2.27. The maximum Gasteiger partial charge on any atom is 0.185 e. The van der Waals surface area contributed by atoms with Gasteiger partial charge in [-0.1, -0.05) is 11.6 Å². The summed E-state index contributed by atoms with van der Waals surface area (Å²) in [6, 6.07) is 7.62. The summed E-state index contributed by atoms with van der Waals surface area (Å²) in [5.41, 5.74) is 0.529. The fourth-order valence-corrected chi connectivity index (χ4v) is 2.21. The Morgan fingerprint density at radius 1 is 1.35 bits per heavy atom. The first-order chi connectivity index (χ1) is 11.2. The molecule has 0 atom stereocenters. The molecule has 3 rings (SSSR count). The molecule has 2 heterocycles. The fraction of sp³-hybridized carbons (Fsp3) is 0.125. The van der Waals surface area contributed by atoms with E-state index >= 15 is 0 Å². The Kier molecular flexibility index (Phi) is 4.43. The molecule has 2 aromatic heterocycles. The predicted octanol–water partition coefficient (Wildman–Crippen LogP) is 3.83. The number of aromatic nitrogens is 2. The van der Waals surface area contributed by atoms with Gasteiger partial charge in [0, 0.05) is 11.8 Å². The predicted molar refractivity (Wildman–Crippen MR) is 82.2 cm³/mol. The van der Waals surface area contributed by atoms with E-state index in [-0.39, 0.29) is 18.1 Å². The lowest BCUT2D eigenvalue weighted by molar-refractivity contribution is 0.110. The van der Waals surface area contributed by atoms with Crippen molar-refractivity contribution in [1.29, 1.82) is 0 Å². The molecular formula is C16H12ClFN2O3. The van der Waals surface area contributed by atoms with Crippen LogP contribution in [-0.4, -0.2) is 22.7 Å². The van der Waals surface area contributed by atoms with Crippen molar-refractivity contribution in [3.8, 4) is 17.1 Å². The minimum atomic E-state index is -0.509. The summed E-state index contributed by atoms with van der Waals surface area (Å²) in [6.07, 6.45) is 3.78. The molecule has 0 amide bonds. The van der Waals surface area contributed by atoms with Crippen molar-refractivity contribution in [2.24, 2.45) is 0 Å². The molecule has 1 aromatic carbocycles. The van der Waals surface area contributed by atoms with Crippen molar-refractivity contribution in [3.05, 3.63) is 59.3 Å². The van der Waals surface area contributed by atoms with Crippen LogP contribution in [0.1, 0.15) is 10.6 Å². The maximum absolute atomic E-state index is 14.1. The summed E-state index contributed by atoms with van der Waals surface area (Å²) in [5, 5.41) is 4.54. The average Bonchev–Trinajstić information content (AvgIpc) is 3.18. The third-order valence-corrected chi connectivity index (χ3v) is 3.33. The number of ether oxygens (including phenoxy) is 1. The maximum atomic E-state index is 14.1. The molecule has 0 aliphatic heterocycles. The summed E-state index contributed by atoms with van der Waals surface area (Å²) in [6.45, 7) is 0.707. The van der Waals surface area contributed by atoms with Crippen molar-refractivity contribution in [3.63, 3.8) is 0 Å². The number of benzene rings is 1. The van der Waals surface area contributed by atoms with Crippen molar-refractivity contribution in [2.75, 3.05) is 6.61 Å². The molecule has 0 N–H and O–H groups in total. The van der Waals surface area contributed by atoms with E-state index in [9.17, 15) is 9.18 Å². The van der Waals surface area contributed by atoms with E-state index in [1.54, 1.807) is 23.0 Å². The van der Waals surface area contributed by atoms with E-state index in [1.807, 2.05) is 0 Å². The molecule has 0 aliphatic rings. The Morgan fingerprint density at radius 3 is 2.87 bits per heavy atom. The van der Waals surface area contributed by atoms with Gasteiger partial charge in [0.2, 0.25) is 0 Å². The molecule has 0 fully saturated rings. The molecule has 0 unspecified atom stereocenters. The highest BCUT2D eigenvalue weighted by atomic mass is 35.5. The fourth-order valence-electron chi connectivity index (χ4n) is 2.05. The molecule has 5 nitrogen and oxygen atoms in total. The van der Waals surface area contributed by atoms with Crippen LogP contribution in [0, 0.1) is 5.82 Å². The van der Waals surface area contributed by atoms with E-state index in [0.29, 0.717) is 29.2 Å². The summed E-state index contributed by atoms with van der Waals surface area (Å²) in [4.78, 5) is 10.6. The molecule has 118 valence electrons. The highest BCUT2D eigenvalue weighted by Gasteiger charge is 2.09. The number of carbonyl (C=O) groups excluding carboxylic acids is 1. The van der Waals surface area contributed by atoms with Crippen LogP contribution in [0.25, 0.3) is 11.3 Å². The SMILES string of the molecule is O=Cc1ccc(-c2ccc(OCCn3cc(Cl)cn3)c(F)c2)o1. The monoisotopic (exact) mass is 334 g/mol. The molecule has 0 saturated carbocycles. The smallest absolute Gasteiger partial charge is 0.185 e. The van der Waals surface area contributed by atoms with Crippen LogP contribution < -0.4 is 4.74 Å². The van der Waals surface area contributed by atoms with Crippen LogP contribution in [0.4, 0.5) is 4.39 Å². The Hall–Kier alpha value is -2.60. The number of aldehydes is 1. The second-order valence-corrected chi connectivity index (χ2v) is 5.17. The molecular weight excluding hydrogens is 323 g/mol. The van der Waals surface area contributed by atoms with Gasteiger partial charge in [-0.2, -0.15) is 5.10 Å². The van der Waals surface area contributed by atoms with Gasteiger partial charge in [0.15, 0.2) is 23.6 Å². The Bertz CT molecular complexity index is 828. The van der Waals surface area contributed by atoms with Gasteiger partial charge in [-0.15, -0.1) is 0 Å². The van der Waals surface area contributed by atoms with Gasteiger partial charge in [-0.25, -0.2) is 4.39 Å². The third kappa shape index (κ3) is 3.60.